The second-order valence-corrected chi connectivity index (χ2v) is 28.1. The van der Waals surface area contributed by atoms with E-state index < -0.39 is 35.8 Å². The van der Waals surface area contributed by atoms with E-state index in [9.17, 15) is 38.4 Å². The van der Waals surface area contributed by atoms with Gasteiger partial charge < -0.3 is 64.5 Å². The predicted molar refractivity (Wildman–Crippen MR) is 490 cm³/mol. The van der Waals surface area contributed by atoms with Crippen LogP contribution in [-0.2, 0) is 0 Å². The third-order valence-corrected chi connectivity index (χ3v) is 18.5. The molecule has 10 aromatic carbocycles. The summed E-state index contributed by atoms with van der Waals surface area (Å²) in [5.41, 5.74) is 23.0. The zero-order valence-corrected chi connectivity index (χ0v) is 73.2. The van der Waals surface area contributed by atoms with Crippen molar-refractivity contribution in [2.45, 2.75) is 47.5 Å². The number of amides is 11. The summed E-state index contributed by atoms with van der Waals surface area (Å²) < 4.78 is 59.8. The zero-order valence-electron chi connectivity index (χ0n) is 69.1. The Labute approximate surface area is 746 Å². The SMILES string of the molecule is CCCCOc1ccc(C(=O)NNC(=O)Nc2ccc(OC)cc2OC)cc1.CCOc1ccc(C(=O)NC(=S)Nc2cccc3nsnc23)cc1.CCOc1ccc(C(=O)NNC(=O)Nc2ccccc2)cc1OCC.COc1cc(OC)cc(C(=O)NC(=S)Nc2cccc3csnc23)c1.Cc1cc(Cl)cc(NC(=O)NNC(=O)c2ccc3nonc3c2)c1. The van der Waals surface area contributed by atoms with Crippen molar-refractivity contribution in [3.63, 3.8) is 0 Å². The molecule has 35 nitrogen and oxygen atoms in total. The molecule has 0 radical (unpaired) electrons. The monoisotopic (exact) mass is 1810 g/mol. The number of nitrogens with one attached hydrogen (secondary N) is 13. The van der Waals surface area contributed by atoms with Gasteiger partial charge in [-0.2, -0.15) is 13.1 Å². The van der Waals surface area contributed by atoms with Crippen molar-refractivity contribution in [1.82, 2.24) is 66.6 Å². The number of hydrogen-bond donors (Lipinski definition) is 13. The number of aryl methyl sites for hydroxylation is 1. The van der Waals surface area contributed by atoms with E-state index in [1.54, 1.807) is 158 Å². The van der Waals surface area contributed by atoms with Crippen LogP contribution in [0.4, 0.5) is 42.8 Å². The van der Waals surface area contributed by atoms with Crippen LogP contribution in [0.15, 0.2) is 216 Å². The fourth-order valence-corrected chi connectivity index (χ4v) is 12.7. The Balaban J connectivity index is 0.000000178. The number of benzene rings is 10. The van der Waals surface area contributed by atoms with Gasteiger partial charge >= 0.3 is 18.1 Å². The molecule has 3 heterocycles. The van der Waals surface area contributed by atoms with Gasteiger partial charge in [0.1, 0.15) is 62.1 Å². The summed E-state index contributed by atoms with van der Waals surface area (Å²) in [6.07, 6.45) is 2.02. The molecule has 654 valence electrons. The number of aromatic nitrogens is 5. The first-order valence-electron chi connectivity index (χ1n) is 38.3. The lowest BCUT2D eigenvalue weighted by Crippen LogP contribution is -2.43. The smallest absolute Gasteiger partial charge is 0.338 e. The number of hydrazine groups is 3. The average Bonchev–Trinajstić information content (AvgIpc) is 1.68. The number of nitrogens with zero attached hydrogens (tertiary/aromatic N) is 5. The molecule has 3 aromatic heterocycles. The zero-order chi connectivity index (χ0) is 90.3. The highest BCUT2D eigenvalue weighted by Crippen LogP contribution is 2.32. The molecule has 11 amide bonds. The number of anilines is 5. The molecule has 0 aliphatic heterocycles. The second-order valence-electron chi connectivity index (χ2n) is 25.6. The van der Waals surface area contributed by atoms with Crippen LogP contribution in [0.2, 0.25) is 5.02 Å². The summed E-state index contributed by atoms with van der Waals surface area (Å²) >= 11 is 18.9. The van der Waals surface area contributed by atoms with Crippen molar-refractivity contribution in [3.8, 4) is 46.0 Å². The van der Waals surface area contributed by atoms with Gasteiger partial charge in [0.05, 0.1) is 83.7 Å². The third-order valence-electron chi connectivity index (χ3n) is 16.7. The lowest BCUT2D eigenvalue weighted by atomic mass is 10.2. The van der Waals surface area contributed by atoms with Gasteiger partial charge in [-0.15, -0.1) is 0 Å². The molecule has 0 spiro atoms. The van der Waals surface area contributed by atoms with Gasteiger partial charge in [-0.3, -0.25) is 50.9 Å². The average molecular weight is 1810 g/mol. The van der Waals surface area contributed by atoms with Crippen LogP contribution < -0.4 is 108 Å². The molecule has 0 fully saturated rings. The largest absolute Gasteiger partial charge is 0.497 e. The van der Waals surface area contributed by atoms with E-state index in [-0.39, 0.29) is 22.0 Å². The van der Waals surface area contributed by atoms with Gasteiger partial charge in [-0.05, 0) is 244 Å². The minimum atomic E-state index is -0.615. The minimum absolute atomic E-state index is 0.187. The highest BCUT2D eigenvalue weighted by atomic mass is 35.5. The number of methoxy groups -OCH3 is 4. The number of thiocarbonyl (C=S) groups is 2. The highest BCUT2D eigenvalue weighted by Gasteiger charge is 2.19. The molecular weight excluding hydrogens is 1720 g/mol. The molecule has 0 atom stereocenters. The van der Waals surface area contributed by atoms with Crippen molar-refractivity contribution >= 4 is 179 Å². The molecule has 126 heavy (non-hydrogen) atoms. The summed E-state index contributed by atoms with van der Waals surface area (Å²) in [7, 11) is 6.07. The second kappa shape index (κ2) is 49.1. The fraction of sp³-hybridized carbons (Fsp3) is 0.174. The summed E-state index contributed by atoms with van der Waals surface area (Å²) in [5.74, 6) is 2.46. The third kappa shape index (κ3) is 29.6. The number of ether oxygens (including phenoxy) is 8. The Bertz CT molecular complexity index is 5870. The van der Waals surface area contributed by atoms with Crippen molar-refractivity contribution in [3.05, 3.63) is 250 Å². The molecule has 0 unspecified atom stereocenters. The number of hydrogen-bond acceptors (Lipinski definition) is 26. The Hall–Kier alpha value is -15.1. The number of carbonyl (C=O) groups is 8. The van der Waals surface area contributed by atoms with Crippen molar-refractivity contribution in [2.24, 2.45) is 0 Å². The number of halogens is 1. The van der Waals surface area contributed by atoms with E-state index in [1.165, 1.54) is 46.0 Å². The molecule has 0 bridgehead atoms. The quantitative estimate of drug-likeness (QED) is 0.0152. The van der Waals surface area contributed by atoms with Crippen LogP contribution >= 0.6 is 59.3 Å². The summed E-state index contributed by atoms with van der Waals surface area (Å²) in [6.45, 7) is 11.7. The molecular formula is C86H87ClN18O17S4. The van der Waals surface area contributed by atoms with Crippen molar-refractivity contribution in [1.29, 1.82) is 0 Å². The molecule has 0 saturated carbocycles. The molecule has 0 aliphatic carbocycles. The lowest BCUT2D eigenvalue weighted by Gasteiger charge is -2.13. The normalized spacial score (nSPS) is 10.2. The number of urea groups is 3. The number of unbranched alkanes of at least 4 members (excludes halogenated alkanes) is 1. The maximum Gasteiger partial charge on any atom is 0.338 e. The number of fused-ring (bicyclic) bond motifs is 3. The van der Waals surface area contributed by atoms with Gasteiger partial charge in [0.2, 0.25) is 0 Å². The lowest BCUT2D eigenvalue weighted by molar-refractivity contribution is 0.0930. The van der Waals surface area contributed by atoms with Gasteiger partial charge in [-0.25, -0.2) is 35.3 Å². The highest BCUT2D eigenvalue weighted by molar-refractivity contribution is 7.80. The van der Waals surface area contributed by atoms with E-state index >= 15 is 0 Å². The van der Waals surface area contributed by atoms with Gasteiger partial charge in [0.15, 0.2) is 21.7 Å². The molecule has 13 N–H and O–H groups in total. The van der Waals surface area contributed by atoms with Gasteiger partial charge in [-0.1, -0.05) is 61.3 Å². The first kappa shape index (κ1) is 94.8. The van der Waals surface area contributed by atoms with E-state index in [0.29, 0.717) is 133 Å². The van der Waals surface area contributed by atoms with Crippen LogP contribution in [-0.4, -0.2) is 136 Å². The van der Waals surface area contributed by atoms with Crippen LogP contribution in [0.3, 0.4) is 0 Å². The van der Waals surface area contributed by atoms with E-state index in [1.807, 2.05) is 75.5 Å². The van der Waals surface area contributed by atoms with Crippen LogP contribution in [0.1, 0.15) is 97.9 Å². The number of rotatable bonds is 24. The van der Waals surface area contributed by atoms with Crippen LogP contribution in [0.5, 0.6) is 46.0 Å². The molecule has 0 saturated heterocycles. The summed E-state index contributed by atoms with van der Waals surface area (Å²) in [6, 6.07) is 56.4. The van der Waals surface area contributed by atoms with Crippen molar-refractivity contribution < 1.29 is 80.9 Å². The van der Waals surface area contributed by atoms with E-state index in [4.69, 9.17) is 73.9 Å². The Morgan fingerprint density at radius 1 is 0.397 bits per heavy atom. The van der Waals surface area contributed by atoms with Crippen molar-refractivity contribution in [2.75, 3.05) is 81.5 Å². The fourth-order valence-electron chi connectivity index (χ4n) is 10.8. The number of carbonyl (C=O) groups excluding carboxylic acids is 8. The van der Waals surface area contributed by atoms with E-state index in [2.05, 4.69) is 105 Å². The molecule has 13 aromatic rings. The first-order chi connectivity index (χ1) is 61.0. The first-order valence-corrected chi connectivity index (χ1v) is 41.0. The van der Waals surface area contributed by atoms with E-state index in [0.717, 1.165) is 63.5 Å². The summed E-state index contributed by atoms with van der Waals surface area (Å²) in [5, 5.41) is 30.2. The maximum absolute atomic E-state index is 12.4. The minimum Gasteiger partial charge on any atom is -0.497 e. The topological polar surface area (TPSA) is 444 Å². The van der Waals surface area contributed by atoms with Crippen LogP contribution in [0.25, 0.3) is 33.0 Å². The Morgan fingerprint density at radius 2 is 0.937 bits per heavy atom. The maximum atomic E-state index is 12.4. The van der Waals surface area contributed by atoms with Gasteiger partial charge in [0.25, 0.3) is 29.5 Å². The van der Waals surface area contributed by atoms with Crippen LogP contribution in [0, 0.1) is 6.92 Å². The predicted octanol–water partition coefficient (Wildman–Crippen LogP) is 15.6. The Morgan fingerprint density at radius 3 is 1.55 bits per heavy atom. The molecule has 0 aliphatic rings. The Kier molecular flexibility index (Phi) is 37.0. The standard InChI is InChI=1S/C20H25N3O5.C18H21N3O4.C17H15N3O3S2.C16H14N4O2S2.C15H12ClN5O3/c1-4-5-12-28-15-8-6-14(7-9-15)19(24)22-23-20(25)21-17-11-10-16(26-2)13-18(17)27-3;1-3-24-15-11-10-13(12-16(15)25-4-2)17(22)20-21-18(23)19-14-8-6-5-7-9-14;1-22-12-6-11(7-13(8-12)23-2)16(21)19-17(24)18-14-5-3-4-10-9-25-20-15(10)14;1-2-22-11-8-6-10(7-9-11)15(21)18-16(23)17-12-4-3-5-13-14(12)20-24-19-13;1-8-4-10(16)7-11(5-8)17-15(23)19-18-14(22)9-2-3-12-13(6-9)21-24-20-12/h6-11,13H,4-5,12H2,1-3H3,(H,22,24)(H2,21,23,25);5-12H,3-4H2,1-2H3,(H,20,22)(H2,19,21,23);3-9H,1-2H3,(H2,18,19,21,24);3-9H,2H2,1H3,(H2,17,18,21,23);2-7H,1H3,(H,18,22)(H2,17,19,23). The number of para-hydroxylation sites is 1. The summed E-state index contributed by atoms with van der Waals surface area (Å²) in [4.78, 5) is 96.6. The van der Waals surface area contributed by atoms with Gasteiger partial charge in [0, 0.05) is 67.1 Å². The molecule has 13 rings (SSSR count). The molecule has 40 heteroatoms.